The van der Waals surface area contributed by atoms with Crippen LogP contribution < -0.4 is 0 Å². The van der Waals surface area contributed by atoms with Gasteiger partial charge in [-0.3, -0.25) is 25.1 Å². The van der Waals surface area contributed by atoms with E-state index in [0.717, 1.165) is 31.7 Å². The summed E-state index contributed by atoms with van der Waals surface area (Å²) in [6.45, 7) is 1.65. The standard InChI is InChI=1S/C13H15N3O5/c17-9-10-2-1-5-14(7-10)8-11-3-4-12(15(18)19)6-13(11)16(20)21/h3-4,6,9-10H,1-2,5,7-8H2. The van der Waals surface area contributed by atoms with Crippen molar-refractivity contribution < 1.29 is 14.6 Å². The van der Waals surface area contributed by atoms with Crippen LogP contribution in [0, 0.1) is 26.1 Å². The number of non-ortho nitro benzene ring substituents is 1. The predicted octanol–water partition coefficient (Wildman–Crippen LogP) is 1.91. The van der Waals surface area contributed by atoms with E-state index in [1.807, 2.05) is 4.90 Å². The van der Waals surface area contributed by atoms with Crippen LogP contribution >= 0.6 is 0 Å². The summed E-state index contributed by atoms with van der Waals surface area (Å²) in [6, 6.07) is 3.67. The van der Waals surface area contributed by atoms with Gasteiger partial charge in [0.15, 0.2) is 0 Å². The van der Waals surface area contributed by atoms with Crippen LogP contribution in [0.4, 0.5) is 11.4 Å². The van der Waals surface area contributed by atoms with Gasteiger partial charge in [0.05, 0.1) is 15.9 Å². The molecule has 0 aromatic heterocycles. The van der Waals surface area contributed by atoms with Crippen molar-refractivity contribution in [2.24, 2.45) is 5.92 Å². The molecule has 1 unspecified atom stereocenters. The van der Waals surface area contributed by atoms with E-state index in [2.05, 4.69) is 0 Å². The minimum absolute atomic E-state index is 0.0455. The van der Waals surface area contributed by atoms with Gasteiger partial charge in [-0.05, 0) is 25.5 Å². The number of benzene rings is 1. The van der Waals surface area contributed by atoms with Gasteiger partial charge in [-0.1, -0.05) is 0 Å². The first-order chi connectivity index (χ1) is 10.0. The molecule has 1 heterocycles. The molecule has 1 aliphatic heterocycles. The molecule has 21 heavy (non-hydrogen) atoms. The third kappa shape index (κ3) is 3.60. The number of carbonyl (C=O) groups excluding carboxylic acids is 1. The van der Waals surface area contributed by atoms with Gasteiger partial charge < -0.3 is 4.79 Å². The minimum atomic E-state index is -0.653. The van der Waals surface area contributed by atoms with Crippen molar-refractivity contribution in [3.05, 3.63) is 44.0 Å². The van der Waals surface area contributed by atoms with E-state index >= 15 is 0 Å². The Morgan fingerprint density at radius 1 is 1.29 bits per heavy atom. The molecule has 2 rings (SSSR count). The smallest absolute Gasteiger partial charge is 0.280 e. The van der Waals surface area contributed by atoms with Gasteiger partial charge in [-0.2, -0.15) is 0 Å². The van der Waals surface area contributed by atoms with Crippen LogP contribution in [-0.4, -0.2) is 34.1 Å². The van der Waals surface area contributed by atoms with Crippen molar-refractivity contribution in [1.82, 2.24) is 4.90 Å². The number of hydrogen-bond donors (Lipinski definition) is 0. The number of nitro benzene ring substituents is 2. The number of nitro groups is 2. The number of piperidine rings is 1. The quantitative estimate of drug-likeness (QED) is 0.466. The molecule has 112 valence electrons. The number of rotatable bonds is 5. The summed E-state index contributed by atoms with van der Waals surface area (Å²) in [4.78, 5) is 33.3. The van der Waals surface area contributed by atoms with Crippen molar-refractivity contribution in [2.45, 2.75) is 19.4 Å². The number of likely N-dealkylation sites (tertiary alicyclic amines) is 1. The molecule has 0 N–H and O–H groups in total. The second-order valence-electron chi connectivity index (χ2n) is 5.10. The Kier molecular flexibility index (Phi) is 4.59. The van der Waals surface area contributed by atoms with Gasteiger partial charge in [0, 0.05) is 30.6 Å². The molecule has 0 spiro atoms. The second kappa shape index (κ2) is 6.40. The number of carbonyl (C=O) groups is 1. The van der Waals surface area contributed by atoms with Crippen molar-refractivity contribution in [1.29, 1.82) is 0 Å². The lowest BCUT2D eigenvalue weighted by molar-refractivity contribution is -0.394. The molecule has 1 atom stereocenters. The maximum absolute atomic E-state index is 11.1. The topological polar surface area (TPSA) is 107 Å². The second-order valence-corrected chi connectivity index (χ2v) is 5.10. The van der Waals surface area contributed by atoms with Crippen molar-refractivity contribution in [2.75, 3.05) is 13.1 Å². The highest BCUT2D eigenvalue weighted by atomic mass is 16.6. The predicted molar refractivity (Wildman–Crippen MR) is 73.8 cm³/mol. The average Bonchev–Trinajstić information content (AvgIpc) is 2.47. The molecule has 0 radical (unpaired) electrons. The van der Waals surface area contributed by atoms with Gasteiger partial charge in [-0.25, -0.2) is 0 Å². The Bertz CT molecular complexity index is 575. The summed E-state index contributed by atoms with van der Waals surface area (Å²) in [6.07, 6.45) is 2.61. The van der Waals surface area contributed by atoms with Gasteiger partial charge in [0.1, 0.15) is 6.29 Å². The summed E-state index contributed by atoms with van der Waals surface area (Å²) in [7, 11) is 0. The largest absolute Gasteiger partial charge is 0.303 e. The van der Waals surface area contributed by atoms with E-state index in [1.165, 1.54) is 12.1 Å². The monoisotopic (exact) mass is 293 g/mol. The zero-order chi connectivity index (χ0) is 15.4. The summed E-state index contributed by atoms with van der Waals surface area (Å²) < 4.78 is 0. The molecule has 1 saturated heterocycles. The van der Waals surface area contributed by atoms with Crippen LogP contribution in [0.2, 0.25) is 0 Å². The fourth-order valence-corrected chi connectivity index (χ4v) is 2.56. The van der Waals surface area contributed by atoms with Gasteiger partial charge in [-0.15, -0.1) is 0 Å². The van der Waals surface area contributed by atoms with Crippen molar-refractivity contribution in [3.63, 3.8) is 0 Å². The molecule has 1 fully saturated rings. The highest BCUT2D eigenvalue weighted by molar-refractivity contribution is 5.54. The Morgan fingerprint density at radius 3 is 2.67 bits per heavy atom. The first-order valence-electron chi connectivity index (χ1n) is 6.60. The number of nitrogens with zero attached hydrogens (tertiary/aromatic N) is 3. The lowest BCUT2D eigenvalue weighted by atomic mass is 9.99. The molecule has 1 aliphatic rings. The van der Waals surface area contributed by atoms with Crippen LogP contribution in [-0.2, 0) is 11.3 Å². The first kappa shape index (κ1) is 15.0. The Balaban J connectivity index is 2.21. The van der Waals surface area contributed by atoms with Crippen LogP contribution in [0.25, 0.3) is 0 Å². The zero-order valence-electron chi connectivity index (χ0n) is 11.3. The molecular formula is C13H15N3O5. The molecule has 8 heteroatoms. The zero-order valence-corrected chi connectivity index (χ0v) is 11.3. The molecule has 0 amide bonds. The maximum Gasteiger partial charge on any atom is 0.280 e. The van der Waals surface area contributed by atoms with Crippen LogP contribution in [0.3, 0.4) is 0 Å². The fraction of sp³-hybridized carbons (Fsp3) is 0.462. The van der Waals surface area contributed by atoms with Gasteiger partial charge in [0.25, 0.3) is 11.4 Å². The van der Waals surface area contributed by atoms with Crippen LogP contribution in [0.1, 0.15) is 18.4 Å². The summed E-state index contributed by atoms with van der Waals surface area (Å²) >= 11 is 0. The van der Waals surface area contributed by atoms with Gasteiger partial charge >= 0.3 is 0 Å². The van der Waals surface area contributed by atoms with E-state index in [9.17, 15) is 25.0 Å². The highest BCUT2D eigenvalue weighted by Gasteiger charge is 2.24. The maximum atomic E-state index is 11.1. The minimum Gasteiger partial charge on any atom is -0.303 e. The van der Waals surface area contributed by atoms with E-state index in [-0.39, 0.29) is 17.3 Å². The molecule has 0 saturated carbocycles. The average molecular weight is 293 g/mol. The number of aldehydes is 1. The van der Waals surface area contributed by atoms with Crippen LogP contribution in [0.5, 0.6) is 0 Å². The van der Waals surface area contributed by atoms with E-state index in [0.29, 0.717) is 18.7 Å². The highest BCUT2D eigenvalue weighted by Crippen LogP contribution is 2.27. The molecule has 0 bridgehead atoms. The first-order valence-corrected chi connectivity index (χ1v) is 6.60. The molecule has 1 aromatic carbocycles. The van der Waals surface area contributed by atoms with E-state index in [4.69, 9.17) is 0 Å². The summed E-state index contributed by atoms with van der Waals surface area (Å²) in [5.41, 5.74) is -0.121. The number of hydrogen-bond acceptors (Lipinski definition) is 6. The Morgan fingerprint density at radius 2 is 2.05 bits per heavy atom. The van der Waals surface area contributed by atoms with Crippen molar-refractivity contribution >= 4 is 17.7 Å². The summed E-state index contributed by atoms with van der Waals surface area (Å²) in [5, 5.41) is 21.8. The normalized spacial score (nSPS) is 19.1. The van der Waals surface area contributed by atoms with Crippen molar-refractivity contribution in [3.8, 4) is 0 Å². The van der Waals surface area contributed by atoms with Gasteiger partial charge in [0.2, 0.25) is 0 Å². The Labute approximate surface area is 120 Å². The van der Waals surface area contributed by atoms with Crippen LogP contribution in [0.15, 0.2) is 18.2 Å². The molecule has 0 aliphatic carbocycles. The summed E-state index contributed by atoms with van der Waals surface area (Å²) in [5.74, 6) is -0.0455. The third-order valence-corrected chi connectivity index (χ3v) is 3.60. The Hall–Kier alpha value is -2.35. The molecular weight excluding hydrogens is 278 g/mol. The molecule has 1 aromatic rings. The fourth-order valence-electron chi connectivity index (χ4n) is 2.56. The lowest BCUT2D eigenvalue weighted by Gasteiger charge is -2.29. The third-order valence-electron chi connectivity index (χ3n) is 3.60. The lowest BCUT2D eigenvalue weighted by Crippen LogP contribution is -2.35. The van der Waals surface area contributed by atoms with E-state index < -0.39 is 9.85 Å². The van der Waals surface area contributed by atoms with E-state index in [1.54, 1.807) is 0 Å². The molecule has 8 nitrogen and oxygen atoms in total. The SMILES string of the molecule is O=CC1CCCN(Cc2ccc([N+](=O)[O-])cc2[N+](=O)[O-])C1.